The van der Waals surface area contributed by atoms with Crippen molar-refractivity contribution >= 4 is 24.8 Å². The smallest absolute Gasteiger partial charge is 0 e. The summed E-state index contributed by atoms with van der Waals surface area (Å²) in [5.74, 6) is 1.36. The summed E-state index contributed by atoms with van der Waals surface area (Å²) in [4.78, 5) is 0. The van der Waals surface area contributed by atoms with Crippen LogP contribution in [0.2, 0.25) is 0 Å². The van der Waals surface area contributed by atoms with Gasteiger partial charge < -0.3 is 0 Å². The van der Waals surface area contributed by atoms with Crippen LogP contribution in [-0.4, -0.2) is 0 Å². The summed E-state index contributed by atoms with van der Waals surface area (Å²) in [7, 11) is 0. The van der Waals surface area contributed by atoms with Crippen molar-refractivity contribution in [3.05, 3.63) is 23.3 Å². The Hall–Kier alpha value is 0.943. The minimum absolute atomic E-state index is 0. The van der Waals surface area contributed by atoms with Crippen LogP contribution in [-0.2, 0) is 26.2 Å². The maximum Gasteiger partial charge on any atom is 0 e. The largest absolute Gasteiger partial charge is 0.272 e. The van der Waals surface area contributed by atoms with Crippen molar-refractivity contribution in [1.82, 2.24) is 0 Å². The van der Waals surface area contributed by atoms with Crippen LogP contribution in [0.1, 0.15) is 34.1 Å². The fraction of sp³-hybridized carbons (Fsp3) is 0.636. The molecule has 0 fully saturated rings. The molecule has 0 unspecified atom stereocenters. The van der Waals surface area contributed by atoms with E-state index in [1.54, 1.807) is 5.57 Å². The summed E-state index contributed by atoms with van der Waals surface area (Å²) >= 11 is 0. The fourth-order valence-electron chi connectivity index (χ4n) is 1.54. The zero-order valence-electron chi connectivity index (χ0n) is 9.26. The van der Waals surface area contributed by atoms with Gasteiger partial charge in [0.15, 0.2) is 0 Å². The van der Waals surface area contributed by atoms with Crippen molar-refractivity contribution < 1.29 is 26.2 Å². The molecule has 3 heteroatoms. The monoisotopic (exact) mass is 311 g/mol. The third kappa shape index (κ3) is 5.14. The van der Waals surface area contributed by atoms with E-state index in [9.17, 15) is 0 Å². The van der Waals surface area contributed by atoms with E-state index in [4.69, 9.17) is 0 Å². The van der Waals surface area contributed by atoms with Crippen LogP contribution in [0.4, 0.5) is 0 Å². The summed E-state index contributed by atoms with van der Waals surface area (Å²) in [6, 6.07) is 0. The Kier molecular flexibility index (Phi) is 13.4. The molecule has 1 aliphatic carbocycles. The molecule has 82 valence electrons. The van der Waals surface area contributed by atoms with Crippen LogP contribution >= 0.6 is 24.8 Å². The fourth-order valence-corrected chi connectivity index (χ4v) is 1.54. The van der Waals surface area contributed by atoms with Gasteiger partial charge in [0.25, 0.3) is 0 Å². The Labute approximate surface area is 120 Å². The molecule has 0 amide bonds. The van der Waals surface area contributed by atoms with Gasteiger partial charge in [-0.05, 0) is 5.92 Å². The molecule has 0 N–H and O–H groups in total. The van der Waals surface area contributed by atoms with Gasteiger partial charge in [-0.25, -0.2) is 6.08 Å². The van der Waals surface area contributed by atoms with Crippen molar-refractivity contribution in [2.45, 2.75) is 34.1 Å². The van der Waals surface area contributed by atoms with Gasteiger partial charge in [-0.2, -0.15) is 11.1 Å². The van der Waals surface area contributed by atoms with Crippen LogP contribution in [0.25, 0.3) is 0 Å². The molecular weight excluding hydrogens is 294 g/mol. The van der Waals surface area contributed by atoms with Crippen molar-refractivity contribution in [1.29, 1.82) is 0 Å². The predicted molar refractivity (Wildman–Crippen MR) is 63.6 cm³/mol. The molecule has 0 radical (unpaired) electrons. The summed E-state index contributed by atoms with van der Waals surface area (Å²) < 4.78 is 0. The Morgan fingerprint density at radius 1 is 1.07 bits per heavy atom. The van der Waals surface area contributed by atoms with E-state index in [-0.39, 0.29) is 51.0 Å². The summed E-state index contributed by atoms with van der Waals surface area (Å²) in [6.07, 6.45) is 6.51. The minimum Gasteiger partial charge on any atom is -0.272 e. The van der Waals surface area contributed by atoms with Crippen LogP contribution in [0.3, 0.4) is 0 Å². The molecule has 1 aliphatic rings. The maximum atomic E-state index is 3.29. The molecule has 0 aliphatic heterocycles. The van der Waals surface area contributed by atoms with E-state index in [1.807, 2.05) is 0 Å². The van der Waals surface area contributed by atoms with Crippen LogP contribution in [0.15, 0.2) is 17.2 Å². The zero-order chi connectivity index (χ0) is 8.43. The molecule has 1 rings (SSSR count). The average molecular weight is 313 g/mol. The van der Waals surface area contributed by atoms with Crippen molar-refractivity contribution in [3.63, 3.8) is 0 Å². The topological polar surface area (TPSA) is 0 Å². The van der Waals surface area contributed by atoms with Gasteiger partial charge in [-0.3, -0.25) is 6.08 Å². The molecule has 0 nitrogen and oxygen atoms in total. The second kappa shape index (κ2) is 9.19. The molecule has 0 bridgehead atoms. The number of allylic oxidation sites excluding steroid dienone is 4. The zero-order valence-corrected chi connectivity index (χ0v) is 13.3. The van der Waals surface area contributed by atoms with Crippen molar-refractivity contribution in [2.75, 3.05) is 0 Å². The van der Waals surface area contributed by atoms with Gasteiger partial charge in [-0.1, -0.05) is 33.6 Å². The van der Waals surface area contributed by atoms with E-state index in [0.29, 0.717) is 11.8 Å². The third-order valence-corrected chi connectivity index (χ3v) is 2.24. The average Bonchev–Trinajstić information content (AvgIpc) is 2.32. The first-order valence-corrected chi connectivity index (χ1v) is 4.42. The molecule has 0 spiro atoms. The van der Waals surface area contributed by atoms with E-state index < -0.39 is 0 Å². The molecule has 0 aromatic carbocycles. The Balaban J connectivity index is -0.000000403. The number of hydrogen-bond donors (Lipinski definition) is 0. The van der Waals surface area contributed by atoms with Crippen molar-refractivity contribution in [2.24, 2.45) is 11.8 Å². The molecule has 14 heavy (non-hydrogen) atoms. The number of rotatable bonds is 2. The van der Waals surface area contributed by atoms with Crippen LogP contribution < -0.4 is 0 Å². The first kappa shape index (κ1) is 20.4. The molecule has 0 aromatic rings. The van der Waals surface area contributed by atoms with Gasteiger partial charge in [0.1, 0.15) is 0 Å². The van der Waals surface area contributed by atoms with Crippen LogP contribution in [0.5, 0.6) is 0 Å². The van der Waals surface area contributed by atoms with Gasteiger partial charge in [0, 0.05) is 26.2 Å². The first-order chi connectivity index (χ1) is 5.13. The van der Waals surface area contributed by atoms with E-state index in [2.05, 4.69) is 39.8 Å². The molecule has 0 heterocycles. The standard InChI is InChI=1S/C11H17.2ClH.Zr/c1-8(2)10-6-5-7-11(10)9(3)4;;;/h6,8-9H,7H2,1-4H3;2*1H;/q-1;;;. The molecule has 0 saturated heterocycles. The minimum atomic E-state index is 0. The van der Waals surface area contributed by atoms with Gasteiger partial charge in [0.05, 0.1) is 0 Å². The second-order valence-electron chi connectivity index (χ2n) is 3.82. The first-order valence-electron chi connectivity index (χ1n) is 4.42. The predicted octanol–water partition coefficient (Wildman–Crippen LogP) is 4.20. The van der Waals surface area contributed by atoms with E-state index in [0.717, 1.165) is 6.42 Å². The maximum absolute atomic E-state index is 3.29. The number of hydrogen-bond acceptors (Lipinski definition) is 0. The Morgan fingerprint density at radius 2 is 1.57 bits per heavy atom. The molecule has 0 atom stereocenters. The van der Waals surface area contributed by atoms with Gasteiger partial charge in [0.2, 0.25) is 0 Å². The second-order valence-corrected chi connectivity index (χ2v) is 3.82. The Morgan fingerprint density at radius 3 is 1.86 bits per heavy atom. The summed E-state index contributed by atoms with van der Waals surface area (Å²) in [6.45, 7) is 9.03. The molecule has 0 aromatic heterocycles. The summed E-state index contributed by atoms with van der Waals surface area (Å²) in [5, 5.41) is 0. The van der Waals surface area contributed by atoms with Gasteiger partial charge in [-0.15, -0.1) is 31.2 Å². The quantitative estimate of drug-likeness (QED) is 0.670. The van der Waals surface area contributed by atoms with E-state index >= 15 is 0 Å². The molecular formula is C11H19Cl2Zr-. The van der Waals surface area contributed by atoms with Gasteiger partial charge >= 0.3 is 0 Å². The Bertz CT molecular complexity index is 205. The SMILES string of the molecule is CC(C)C1=C(C(C)C)C[C-]=C1.Cl.Cl.[Zr]. The molecule has 0 saturated carbocycles. The third-order valence-electron chi connectivity index (χ3n) is 2.24. The number of halogens is 2. The normalized spacial score (nSPS) is 13.9. The summed E-state index contributed by atoms with van der Waals surface area (Å²) in [5.41, 5.74) is 3.10. The van der Waals surface area contributed by atoms with Crippen LogP contribution in [0, 0.1) is 17.9 Å². The van der Waals surface area contributed by atoms with E-state index in [1.165, 1.54) is 5.57 Å². The van der Waals surface area contributed by atoms with Crippen molar-refractivity contribution in [3.8, 4) is 0 Å².